The van der Waals surface area contributed by atoms with Crippen molar-refractivity contribution >= 4 is 5.91 Å². The monoisotopic (exact) mass is 277 g/mol. The van der Waals surface area contributed by atoms with Gasteiger partial charge in [-0.15, -0.1) is 12.3 Å². The first kappa shape index (κ1) is 15.7. The van der Waals surface area contributed by atoms with E-state index in [2.05, 4.69) is 11.2 Å². The van der Waals surface area contributed by atoms with Crippen LogP contribution in [0.4, 0.5) is 0 Å². The summed E-state index contributed by atoms with van der Waals surface area (Å²) in [6, 6.07) is 3.09. The van der Waals surface area contributed by atoms with Gasteiger partial charge in [-0.3, -0.25) is 4.79 Å². The van der Waals surface area contributed by atoms with Crippen LogP contribution in [0.15, 0.2) is 12.1 Å². The Balaban J connectivity index is 3.07. The number of terminal acetylenes is 1. The first-order valence-electron chi connectivity index (χ1n) is 6.11. The van der Waals surface area contributed by atoms with Crippen molar-refractivity contribution in [3.05, 3.63) is 17.7 Å². The largest absolute Gasteiger partial charge is 0.493 e. The van der Waals surface area contributed by atoms with Gasteiger partial charge in [0.25, 0.3) is 5.91 Å². The predicted molar refractivity (Wildman–Crippen MR) is 76.5 cm³/mol. The van der Waals surface area contributed by atoms with Crippen LogP contribution in [0.1, 0.15) is 23.7 Å². The zero-order valence-electron chi connectivity index (χ0n) is 12.1. The van der Waals surface area contributed by atoms with E-state index in [4.69, 9.17) is 20.6 Å². The molecule has 0 aliphatic rings. The summed E-state index contributed by atoms with van der Waals surface area (Å²) in [7, 11) is 4.51. The maximum absolute atomic E-state index is 12.1. The number of amides is 1. The number of nitrogens with one attached hydrogen (secondary N) is 1. The number of rotatable bonds is 6. The van der Waals surface area contributed by atoms with Gasteiger partial charge >= 0.3 is 0 Å². The van der Waals surface area contributed by atoms with Crippen molar-refractivity contribution < 1.29 is 19.0 Å². The minimum Gasteiger partial charge on any atom is -0.493 e. The van der Waals surface area contributed by atoms with Crippen LogP contribution in [0.3, 0.4) is 0 Å². The number of benzene rings is 1. The van der Waals surface area contributed by atoms with E-state index in [1.165, 1.54) is 21.3 Å². The molecule has 1 atom stereocenters. The summed E-state index contributed by atoms with van der Waals surface area (Å²) in [4.78, 5) is 12.1. The van der Waals surface area contributed by atoms with Crippen molar-refractivity contribution in [3.8, 4) is 29.6 Å². The van der Waals surface area contributed by atoms with Crippen molar-refractivity contribution in [3.63, 3.8) is 0 Å². The number of carbonyl (C=O) groups is 1. The summed E-state index contributed by atoms with van der Waals surface area (Å²) < 4.78 is 15.6. The molecule has 0 saturated carbocycles. The van der Waals surface area contributed by atoms with E-state index in [1.54, 1.807) is 12.1 Å². The van der Waals surface area contributed by atoms with Gasteiger partial charge in [0.1, 0.15) is 0 Å². The second-order valence-corrected chi connectivity index (χ2v) is 4.20. The molecule has 1 amide bonds. The summed E-state index contributed by atoms with van der Waals surface area (Å²) in [5, 5.41) is 2.80. The zero-order valence-corrected chi connectivity index (χ0v) is 12.1. The predicted octanol–water partition coefficient (Wildman–Crippen LogP) is 1.85. The molecule has 0 radical (unpaired) electrons. The van der Waals surface area contributed by atoms with Crippen LogP contribution in [-0.2, 0) is 0 Å². The minimum atomic E-state index is -0.244. The fourth-order valence-corrected chi connectivity index (χ4v) is 1.75. The average molecular weight is 277 g/mol. The van der Waals surface area contributed by atoms with Crippen molar-refractivity contribution in [1.29, 1.82) is 0 Å². The third-order valence-electron chi connectivity index (χ3n) is 2.73. The zero-order chi connectivity index (χ0) is 15.1. The van der Waals surface area contributed by atoms with E-state index in [-0.39, 0.29) is 11.9 Å². The van der Waals surface area contributed by atoms with Gasteiger partial charge in [-0.2, -0.15) is 0 Å². The molecule has 1 aromatic carbocycles. The highest BCUT2D eigenvalue weighted by Crippen LogP contribution is 2.38. The fourth-order valence-electron chi connectivity index (χ4n) is 1.75. The van der Waals surface area contributed by atoms with Crippen LogP contribution in [0.2, 0.25) is 0 Å². The van der Waals surface area contributed by atoms with E-state index in [9.17, 15) is 4.79 Å². The maximum Gasteiger partial charge on any atom is 0.251 e. The van der Waals surface area contributed by atoms with Crippen LogP contribution in [0.5, 0.6) is 17.2 Å². The van der Waals surface area contributed by atoms with Gasteiger partial charge in [0, 0.05) is 18.0 Å². The van der Waals surface area contributed by atoms with E-state index >= 15 is 0 Å². The van der Waals surface area contributed by atoms with E-state index in [1.807, 2.05) is 6.92 Å². The maximum atomic E-state index is 12.1. The van der Waals surface area contributed by atoms with Gasteiger partial charge in [-0.1, -0.05) is 0 Å². The Morgan fingerprint density at radius 3 is 2.20 bits per heavy atom. The standard InChI is InChI=1S/C15H19NO4/c1-6-7-10(2)16-15(17)11-8-12(18-3)14(20-5)13(9-11)19-4/h1,8-10H,7H2,2-5H3,(H,16,17). The summed E-state index contributed by atoms with van der Waals surface area (Å²) in [6.07, 6.45) is 5.68. The highest BCUT2D eigenvalue weighted by molar-refractivity contribution is 5.95. The highest BCUT2D eigenvalue weighted by atomic mass is 16.5. The molecule has 5 heteroatoms. The molecule has 108 valence electrons. The average Bonchev–Trinajstić information content (AvgIpc) is 2.45. The van der Waals surface area contributed by atoms with Crippen molar-refractivity contribution in [2.24, 2.45) is 0 Å². The lowest BCUT2D eigenvalue weighted by atomic mass is 10.1. The lowest BCUT2D eigenvalue weighted by molar-refractivity contribution is 0.0940. The number of ether oxygens (including phenoxy) is 3. The Kier molecular flexibility index (Phi) is 5.73. The normalized spacial score (nSPS) is 11.2. The fraction of sp³-hybridized carbons (Fsp3) is 0.400. The van der Waals surface area contributed by atoms with Crippen molar-refractivity contribution in [1.82, 2.24) is 5.32 Å². The summed E-state index contributed by atoms with van der Waals surface area (Å²) in [5.74, 6) is 3.57. The molecule has 1 rings (SSSR count). The van der Waals surface area contributed by atoms with Gasteiger partial charge in [0.2, 0.25) is 5.75 Å². The molecule has 0 bridgehead atoms. The van der Waals surface area contributed by atoms with Gasteiger partial charge in [0.05, 0.1) is 21.3 Å². The number of methoxy groups -OCH3 is 3. The minimum absolute atomic E-state index is 0.105. The highest BCUT2D eigenvalue weighted by Gasteiger charge is 2.17. The van der Waals surface area contributed by atoms with Crippen molar-refractivity contribution in [2.75, 3.05) is 21.3 Å². The van der Waals surface area contributed by atoms with Gasteiger partial charge in [0.15, 0.2) is 11.5 Å². The van der Waals surface area contributed by atoms with E-state index < -0.39 is 0 Å². The molecule has 0 aliphatic carbocycles. The van der Waals surface area contributed by atoms with Crippen LogP contribution in [0, 0.1) is 12.3 Å². The third kappa shape index (κ3) is 3.58. The van der Waals surface area contributed by atoms with Gasteiger partial charge in [-0.05, 0) is 19.1 Å². The Morgan fingerprint density at radius 1 is 1.25 bits per heavy atom. The Bertz CT molecular complexity index is 494. The topological polar surface area (TPSA) is 56.8 Å². The number of hydrogen-bond donors (Lipinski definition) is 1. The quantitative estimate of drug-likeness (QED) is 0.806. The molecule has 20 heavy (non-hydrogen) atoms. The summed E-state index contributed by atoms with van der Waals surface area (Å²) >= 11 is 0. The number of hydrogen-bond acceptors (Lipinski definition) is 4. The molecule has 0 heterocycles. The van der Waals surface area contributed by atoms with E-state index in [0.29, 0.717) is 29.2 Å². The molecule has 1 unspecified atom stereocenters. The molecule has 1 N–H and O–H groups in total. The Morgan fingerprint density at radius 2 is 1.80 bits per heavy atom. The second-order valence-electron chi connectivity index (χ2n) is 4.20. The SMILES string of the molecule is C#CCC(C)NC(=O)c1cc(OC)c(OC)c(OC)c1. The first-order valence-corrected chi connectivity index (χ1v) is 6.11. The summed E-state index contributed by atoms with van der Waals surface area (Å²) in [5.41, 5.74) is 0.420. The first-order chi connectivity index (χ1) is 9.57. The molecular formula is C15H19NO4. The molecule has 0 fully saturated rings. The smallest absolute Gasteiger partial charge is 0.251 e. The van der Waals surface area contributed by atoms with Crippen LogP contribution >= 0.6 is 0 Å². The molecular weight excluding hydrogens is 258 g/mol. The van der Waals surface area contributed by atoms with Crippen LogP contribution in [0.25, 0.3) is 0 Å². The molecule has 0 aromatic heterocycles. The van der Waals surface area contributed by atoms with Gasteiger partial charge in [-0.25, -0.2) is 0 Å². The summed E-state index contributed by atoms with van der Waals surface area (Å²) in [6.45, 7) is 1.84. The molecule has 1 aromatic rings. The lowest BCUT2D eigenvalue weighted by Crippen LogP contribution is -2.32. The second kappa shape index (κ2) is 7.29. The van der Waals surface area contributed by atoms with E-state index in [0.717, 1.165) is 0 Å². The molecule has 0 spiro atoms. The van der Waals surface area contributed by atoms with Gasteiger partial charge < -0.3 is 19.5 Å². The van der Waals surface area contributed by atoms with Crippen LogP contribution in [-0.4, -0.2) is 33.3 Å². The lowest BCUT2D eigenvalue weighted by Gasteiger charge is -2.15. The molecule has 0 aliphatic heterocycles. The van der Waals surface area contributed by atoms with Crippen LogP contribution < -0.4 is 19.5 Å². The van der Waals surface area contributed by atoms with Crippen molar-refractivity contribution in [2.45, 2.75) is 19.4 Å². The molecule has 5 nitrogen and oxygen atoms in total. The third-order valence-corrected chi connectivity index (χ3v) is 2.73. The molecule has 0 saturated heterocycles. The number of carbonyl (C=O) groups excluding carboxylic acids is 1. The Hall–Kier alpha value is -2.35. The Labute approximate surface area is 119 Å².